The highest BCUT2D eigenvalue weighted by atomic mass is 16.6. The summed E-state index contributed by atoms with van der Waals surface area (Å²) in [5, 5.41) is 11.0. The van der Waals surface area contributed by atoms with Crippen LogP contribution in [0, 0.1) is 17.0 Å². The Hall–Kier alpha value is -4.64. The van der Waals surface area contributed by atoms with Crippen molar-refractivity contribution in [3.8, 4) is 5.75 Å². The number of carbonyl (C=O) groups is 2. The number of anilines is 3. The van der Waals surface area contributed by atoms with Crippen molar-refractivity contribution in [3.63, 3.8) is 0 Å². The molecular weight excluding hydrogens is 572 g/mol. The van der Waals surface area contributed by atoms with Gasteiger partial charge >= 0.3 is 6.03 Å². The van der Waals surface area contributed by atoms with E-state index in [9.17, 15) is 19.7 Å². The van der Waals surface area contributed by atoms with Gasteiger partial charge in [-0.3, -0.25) is 29.6 Å². The van der Waals surface area contributed by atoms with Crippen molar-refractivity contribution in [2.75, 3.05) is 67.6 Å². The number of carbonyl (C=O) groups excluding carboxylic acids is 2. The van der Waals surface area contributed by atoms with E-state index in [1.54, 1.807) is 24.1 Å². The van der Waals surface area contributed by atoms with E-state index in [1.165, 1.54) is 4.90 Å². The summed E-state index contributed by atoms with van der Waals surface area (Å²) in [5.41, 5.74) is 5.06. The fourth-order valence-corrected chi connectivity index (χ4v) is 6.74. The molecule has 0 atom stereocenters. The van der Waals surface area contributed by atoms with Crippen LogP contribution >= 0.6 is 0 Å². The Labute approximate surface area is 263 Å². The third-order valence-electron chi connectivity index (χ3n) is 9.37. The Morgan fingerprint density at radius 3 is 2.09 bits per heavy atom. The zero-order chi connectivity index (χ0) is 31.5. The molecule has 11 heteroatoms. The lowest BCUT2D eigenvalue weighted by atomic mass is 10.0. The molecule has 3 amide bonds. The second-order valence-electron chi connectivity index (χ2n) is 12.0. The maximum Gasteiger partial charge on any atom is 0.331 e. The van der Waals surface area contributed by atoms with Crippen LogP contribution in [0.2, 0.25) is 0 Å². The normalized spacial score (nSPS) is 18.4. The van der Waals surface area contributed by atoms with E-state index in [1.807, 2.05) is 49.4 Å². The average Bonchev–Trinajstić information content (AvgIpc) is 3.07. The Morgan fingerprint density at radius 2 is 1.47 bits per heavy atom. The molecule has 0 unspecified atom stereocenters. The van der Waals surface area contributed by atoms with E-state index in [0.717, 1.165) is 86.0 Å². The number of nitrogens with zero attached hydrogens (tertiary/aromatic N) is 6. The van der Waals surface area contributed by atoms with Crippen LogP contribution in [-0.2, 0) is 11.3 Å². The number of piperazine rings is 1. The molecule has 3 aliphatic heterocycles. The van der Waals surface area contributed by atoms with Crippen molar-refractivity contribution >= 4 is 34.7 Å². The number of nitro benzene ring substituents is 1. The van der Waals surface area contributed by atoms with Gasteiger partial charge in [0.2, 0.25) is 5.91 Å². The smallest absolute Gasteiger partial charge is 0.331 e. The highest BCUT2D eigenvalue weighted by Crippen LogP contribution is 2.31. The van der Waals surface area contributed by atoms with Gasteiger partial charge in [0.05, 0.1) is 18.6 Å². The molecule has 3 fully saturated rings. The molecule has 11 nitrogen and oxygen atoms in total. The van der Waals surface area contributed by atoms with Crippen molar-refractivity contribution in [1.29, 1.82) is 0 Å². The molecule has 45 heavy (non-hydrogen) atoms. The Morgan fingerprint density at radius 1 is 0.822 bits per heavy atom. The number of hydrogen-bond acceptors (Lipinski definition) is 8. The Balaban J connectivity index is 1.03. The molecule has 0 bridgehead atoms. The summed E-state index contributed by atoms with van der Waals surface area (Å²) < 4.78 is 5.22. The summed E-state index contributed by atoms with van der Waals surface area (Å²) in [6, 6.07) is 20.8. The Bertz CT molecular complexity index is 1530. The highest BCUT2D eigenvalue weighted by molar-refractivity contribution is 6.06. The minimum atomic E-state index is -0.360. The maximum absolute atomic E-state index is 13.5. The molecule has 3 saturated heterocycles. The zero-order valence-corrected chi connectivity index (χ0v) is 25.9. The summed E-state index contributed by atoms with van der Waals surface area (Å²) in [4.78, 5) is 47.2. The summed E-state index contributed by atoms with van der Waals surface area (Å²) in [7, 11) is 1.61. The lowest BCUT2D eigenvalue weighted by molar-refractivity contribution is -0.384. The molecule has 0 aliphatic carbocycles. The molecule has 3 aromatic rings. The van der Waals surface area contributed by atoms with Crippen molar-refractivity contribution in [3.05, 3.63) is 88.0 Å². The maximum atomic E-state index is 13.5. The molecule has 3 aliphatic rings. The average molecular weight is 613 g/mol. The molecule has 6 rings (SSSR count). The minimum absolute atomic E-state index is 0.123. The predicted octanol–water partition coefficient (Wildman–Crippen LogP) is 5.06. The number of ether oxygens (including phenoxy) is 1. The number of urea groups is 1. The van der Waals surface area contributed by atoms with E-state index < -0.39 is 0 Å². The first-order chi connectivity index (χ1) is 21.8. The van der Waals surface area contributed by atoms with E-state index in [4.69, 9.17) is 4.74 Å². The van der Waals surface area contributed by atoms with Gasteiger partial charge in [-0.05, 0) is 73.4 Å². The van der Waals surface area contributed by atoms with Crippen LogP contribution in [0.25, 0.3) is 0 Å². The van der Waals surface area contributed by atoms with Gasteiger partial charge < -0.3 is 14.5 Å². The van der Waals surface area contributed by atoms with Crippen molar-refractivity contribution < 1.29 is 19.2 Å². The van der Waals surface area contributed by atoms with E-state index >= 15 is 0 Å². The van der Waals surface area contributed by atoms with Crippen LogP contribution in [0.15, 0.2) is 66.7 Å². The molecule has 0 spiro atoms. The largest absolute Gasteiger partial charge is 0.497 e. The fraction of sp³-hybridized carbons (Fsp3) is 0.412. The molecule has 3 aromatic carbocycles. The van der Waals surface area contributed by atoms with Crippen LogP contribution in [0.4, 0.5) is 27.5 Å². The molecule has 3 heterocycles. The number of nitro groups is 1. The SMILES string of the molecule is COc1ccc(CN2C(=O)CCN(c3ccc(N4CCC(N5CCN(c6ccc([N+](=O)[O-])cc6)CC5)CC4)cc3C)C2=O)cc1. The summed E-state index contributed by atoms with van der Waals surface area (Å²) in [6.45, 7) is 8.38. The molecule has 0 aromatic heterocycles. The zero-order valence-electron chi connectivity index (χ0n) is 25.9. The van der Waals surface area contributed by atoms with Gasteiger partial charge in [0, 0.05) is 87.5 Å². The number of benzene rings is 3. The number of piperidine rings is 1. The van der Waals surface area contributed by atoms with Gasteiger partial charge in [0.1, 0.15) is 5.75 Å². The van der Waals surface area contributed by atoms with Crippen LogP contribution in [0.1, 0.15) is 30.4 Å². The van der Waals surface area contributed by atoms with Gasteiger partial charge in [0.25, 0.3) is 5.69 Å². The molecular formula is C34H40N6O5. The van der Waals surface area contributed by atoms with Gasteiger partial charge in [-0.15, -0.1) is 0 Å². The van der Waals surface area contributed by atoms with Gasteiger partial charge in [-0.1, -0.05) is 12.1 Å². The molecule has 0 N–H and O–H groups in total. The van der Waals surface area contributed by atoms with Crippen LogP contribution in [-0.4, -0.2) is 85.6 Å². The van der Waals surface area contributed by atoms with Crippen molar-refractivity contribution in [2.45, 2.75) is 38.8 Å². The second-order valence-corrected chi connectivity index (χ2v) is 12.0. The molecule has 0 radical (unpaired) electrons. The van der Waals surface area contributed by atoms with Crippen molar-refractivity contribution in [2.24, 2.45) is 0 Å². The third kappa shape index (κ3) is 6.58. The number of methoxy groups -OCH3 is 1. The monoisotopic (exact) mass is 612 g/mol. The molecule has 236 valence electrons. The number of amides is 3. The quantitative estimate of drug-likeness (QED) is 0.257. The number of aryl methyl sites for hydroxylation is 1. The Kier molecular flexibility index (Phi) is 8.88. The third-order valence-corrected chi connectivity index (χ3v) is 9.37. The highest BCUT2D eigenvalue weighted by Gasteiger charge is 2.34. The van der Waals surface area contributed by atoms with Crippen LogP contribution in [0.3, 0.4) is 0 Å². The van der Waals surface area contributed by atoms with Crippen LogP contribution < -0.4 is 19.4 Å². The first kappa shape index (κ1) is 30.4. The van der Waals surface area contributed by atoms with E-state index in [2.05, 4.69) is 26.8 Å². The second kappa shape index (κ2) is 13.2. The number of hydrogen-bond donors (Lipinski definition) is 0. The number of rotatable bonds is 8. The number of non-ortho nitro benzene ring substituents is 1. The summed E-state index contributed by atoms with van der Waals surface area (Å²) in [5.74, 6) is 0.577. The summed E-state index contributed by atoms with van der Waals surface area (Å²) in [6.07, 6.45) is 2.47. The van der Waals surface area contributed by atoms with E-state index in [0.29, 0.717) is 19.0 Å². The first-order valence-corrected chi connectivity index (χ1v) is 15.6. The van der Waals surface area contributed by atoms with Gasteiger partial charge in [0.15, 0.2) is 0 Å². The lowest BCUT2D eigenvalue weighted by Gasteiger charge is -2.44. The van der Waals surface area contributed by atoms with Crippen LogP contribution in [0.5, 0.6) is 5.75 Å². The minimum Gasteiger partial charge on any atom is -0.497 e. The standard InChI is InChI=1S/C34H40N6O5/c1-25-23-30(9-12-32(25)38-18-15-33(41)39(34(38)42)24-26-3-10-31(45-2)11-4-26)35-16-13-28(14-17-35)37-21-19-36(20-22-37)27-5-7-29(8-6-27)40(43)44/h3-12,23,28H,13-22,24H2,1-2H3. The van der Waals surface area contributed by atoms with E-state index in [-0.39, 0.29) is 29.1 Å². The van der Waals surface area contributed by atoms with Gasteiger partial charge in [-0.2, -0.15) is 0 Å². The summed E-state index contributed by atoms with van der Waals surface area (Å²) >= 11 is 0. The lowest BCUT2D eigenvalue weighted by Crippen LogP contribution is -2.53. The topological polar surface area (TPSA) is 103 Å². The molecule has 0 saturated carbocycles. The first-order valence-electron chi connectivity index (χ1n) is 15.6. The van der Waals surface area contributed by atoms with Gasteiger partial charge in [-0.25, -0.2) is 4.79 Å². The fourth-order valence-electron chi connectivity index (χ4n) is 6.74. The number of imide groups is 1. The van der Waals surface area contributed by atoms with Crippen molar-refractivity contribution in [1.82, 2.24) is 9.80 Å². The predicted molar refractivity (Wildman–Crippen MR) is 174 cm³/mol.